The minimum Gasteiger partial charge on any atom is -0.496 e. The third-order valence-electron chi connectivity index (χ3n) is 9.24. The number of pyridine rings is 1. The molecule has 3 aromatic rings. The highest BCUT2D eigenvalue weighted by Gasteiger charge is 2.36. The van der Waals surface area contributed by atoms with Crippen molar-refractivity contribution in [1.82, 2.24) is 9.47 Å². The number of carbonyl (C=O) groups excluding carboxylic acids is 1. The van der Waals surface area contributed by atoms with Crippen LogP contribution in [0, 0.1) is 32.5 Å². The quantitative estimate of drug-likeness (QED) is 0.177. The summed E-state index contributed by atoms with van der Waals surface area (Å²) in [4.78, 5) is 41.5. The van der Waals surface area contributed by atoms with Crippen molar-refractivity contribution in [2.45, 2.75) is 84.9 Å². The van der Waals surface area contributed by atoms with Crippen molar-refractivity contribution in [3.05, 3.63) is 86.1 Å². The second-order valence-corrected chi connectivity index (χ2v) is 13.3. The summed E-state index contributed by atoms with van der Waals surface area (Å²) in [5.41, 5.74) is 1.33. The zero-order chi connectivity index (χ0) is 35.5. The molecule has 1 unspecified atom stereocenters. The molecule has 260 valence electrons. The molecular weight excluding hydrogens is 628 g/mol. The molecule has 1 saturated heterocycles. The van der Waals surface area contributed by atoms with E-state index in [1.165, 1.54) is 0 Å². The Labute approximate surface area is 278 Å². The Balaban J connectivity index is 1.78. The van der Waals surface area contributed by atoms with Crippen LogP contribution in [0.5, 0.6) is 5.75 Å². The summed E-state index contributed by atoms with van der Waals surface area (Å²) in [6, 6.07) is 6.30. The monoisotopic (exact) mass is 672 g/mol. The molecule has 4 rings (SSSR count). The molecule has 48 heavy (non-hydrogen) atoms. The number of alkyl halides is 3. The van der Waals surface area contributed by atoms with Crippen LogP contribution in [0.25, 0.3) is 11.1 Å². The Morgan fingerprint density at radius 3 is 2.27 bits per heavy atom. The molecule has 0 aliphatic carbocycles. The number of ether oxygens (including phenoxy) is 1. The maximum atomic E-state index is 15.9. The fourth-order valence-electron chi connectivity index (χ4n) is 6.64. The van der Waals surface area contributed by atoms with E-state index in [4.69, 9.17) is 4.74 Å². The number of carboxylic acids is 1. The van der Waals surface area contributed by atoms with Crippen LogP contribution in [0.15, 0.2) is 41.3 Å². The Bertz CT molecular complexity index is 1730. The summed E-state index contributed by atoms with van der Waals surface area (Å²) in [7, 11) is 1.54. The molecule has 0 radical (unpaired) electrons. The van der Waals surface area contributed by atoms with Crippen molar-refractivity contribution in [2.24, 2.45) is 5.92 Å². The summed E-state index contributed by atoms with van der Waals surface area (Å²) < 4.78 is 64.5. The molecule has 2 atom stereocenters. The second kappa shape index (κ2) is 15.1. The normalized spacial score (nSPS) is 14.9. The minimum absolute atomic E-state index is 0.0414. The van der Waals surface area contributed by atoms with Crippen LogP contribution in [-0.2, 0) is 22.2 Å². The van der Waals surface area contributed by atoms with E-state index in [1.807, 2.05) is 44.7 Å². The van der Waals surface area contributed by atoms with Gasteiger partial charge in [0.2, 0.25) is 0 Å². The van der Waals surface area contributed by atoms with Crippen molar-refractivity contribution in [3.63, 3.8) is 0 Å². The second-order valence-electron chi connectivity index (χ2n) is 13.3. The average molecular weight is 673 g/mol. The van der Waals surface area contributed by atoms with E-state index in [0.717, 1.165) is 47.0 Å². The number of aromatic nitrogens is 1. The zero-order valence-electron chi connectivity index (χ0n) is 28.3. The lowest BCUT2D eigenvalue weighted by Crippen LogP contribution is -2.39. The van der Waals surface area contributed by atoms with Crippen molar-refractivity contribution < 1.29 is 37.0 Å². The lowest BCUT2D eigenvalue weighted by atomic mass is 9.83. The highest BCUT2D eigenvalue weighted by atomic mass is 19.4. The number of likely N-dealkylation sites (tertiary alicyclic amines) is 1. The first-order chi connectivity index (χ1) is 22.5. The molecule has 1 fully saturated rings. The Morgan fingerprint density at radius 1 is 1.02 bits per heavy atom. The van der Waals surface area contributed by atoms with Crippen LogP contribution < -0.4 is 10.3 Å². The standard InChI is InChI=1S/C37H44F4N2O5/c1-21(2)14-30(43-20-25(10-13-42-11-7-12-42)29(19-33(43)45)37(39,40)41)31(44)17-26(18-34(46)47)28-16-27(15-23(4)36(28)38)35-22(3)8-9-32(48-6)24(35)5/h8-9,15-16,19-21,26,30H,7,10-14,17-18H2,1-6H3,(H,46,47)/t26-,30?/m0/s1. The summed E-state index contributed by atoms with van der Waals surface area (Å²) in [6.07, 6.45) is -3.49. The number of Topliss-reactive ketones (excluding diaryl/α,β-unsaturated/α-hetero) is 1. The van der Waals surface area contributed by atoms with Crippen LogP contribution in [0.4, 0.5) is 17.6 Å². The Morgan fingerprint density at radius 2 is 1.71 bits per heavy atom. The highest BCUT2D eigenvalue weighted by Crippen LogP contribution is 2.39. The van der Waals surface area contributed by atoms with Gasteiger partial charge in [0, 0.05) is 31.1 Å². The van der Waals surface area contributed by atoms with Gasteiger partial charge in [-0.05, 0) is 116 Å². The van der Waals surface area contributed by atoms with Crippen molar-refractivity contribution in [3.8, 4) is 16.9 Å². The lowest BCUT2D eigenvalue weighted by Gasteiger charge is -2.31. The van der Waals surface area contributed by atoms with Gasteiger partial charge in [0.25, 0.3) is 5.56 Å². The number of ketones is 1. The third kappa shape index (κ3) is 8.35. The van der Waals surface area contributed by atoms with Crippen molar-refractivity contribution in [1.29, 1.82) is 0 Å². The lowest BCUT2D eigenvalue weighted by molar-refractivity contribution is -0.139. The van der Waals surface area contributed by atoms with Crippen LogP contribution in [0.2, 0.25) is 0 Å². The first-order valence-corrected chi connectivity index (χ1v) is 16.3. The van der Waals surface area contributed by atoms with E-state index in [2.05, 4.69) is 0 Å². The molecule has 0 amide bonds. The third-order valence-corrected chi connectivity index (χ3v) is 9.24. The fraction of sp³-hybridized carbons (Fsp3) is 0.486. The maximum Gasteiger partial charge on any atom is 0.416 e. The predicted octanol–water partition coefficient (Wildman–Crippen LogP) is 7.66. The number of carboxylic acid groups (broad SMARTS) is 1. The topological polar surface area (TPSA) is 88.8 Å². The van der Waals surface area contributed by atoms with E-state index >= 15 is 4.39 Å². The van der Waals surface area contributed by atoms with Gasteiger partial charge in [-0.25, -0.2) is 4.39 Å². The first kappa shape index (κ1) is 36.8. The van der Waals surface area contributed by atoms with Crippen LogP contribution in [-0.4, -0.2) is 53.1 Å². The molecule has 1 aromatic heterocycles. The van der Waals surface area contributed by atoms with Gasteiger partial charge in [-0.2, -0.15) is 13.2 Å². The average Bonchev–Trinajstić information content (AvgIpc) is 2.96. The Hall–Kier alpha value is -3.99. The predicted molar refractivity (Wildman–Crippen MR) is 176 cm³/mol. The molecule has 1 N–H and O–H groups in total. The van der Waals surface area contributed by atoms with Gasteiger partial charge in [0.15, 0.2) is 5.78 Å². The number of rotatable bonds is 14. The number of aliphatic carboxylic acids is 1. The molecule has 2 heterocycles. The van der Waals surface area contributed by atoms with Gasteiger partial charge < -0.3 is 19.3 Å². The number of nitrogens with zero attached hydrogens (tertiary/aromatic N) is 2. The smallest absolute Gasteiger partial charge is 0.416 e. The minimum atomic E-state index is -4.76. The SMILES string of the molecule is COc1ccc(C)c(-c2cc(C)c(F)c([C@H](CC(=O)O)CC(=O)C(CC(C)C)n3cc(CCN4CCC4)c(C(F)(F)F)cc3=O)c2)c1C. The molecular formula is C37H44F4N2O5. The number of methoxy groups -OCH3 is 1. The fourth-order valence-corrected chi connectivity index (χ4v) is 6.64. The zero-order valence-corrected chi connectivity index (χ0v) is 28.3. The van der Waals surface area contributed by atoms with Crippen LogP contribution in [0.1, 0.15) is 84.9 Å². The maximum absolute atomic E-state index is 15.9. The van der Waals surface area contributed by atoms with E-state index < -0.39 is 59.7 Å². The molecule has 0 spiro atoms. The largest absolute Gasteiger partial charge is 0.496 e. The summed E-state index contributed by atoms with van der Waals surface area (Å²) >= 11 is 0. The number of hydrogen-bond donors (Lipinski definition) is 1. The molecule has 1 aliphatic heterocycles. The number of halogens is 4. The number of benzene rings is 2. The van der Waals surface area contributed by atoms with E-state index in [1.54, 1.807) is 26.2 Å². The van der Waals surface area contributed by atoms with Crippen molar-refractivity contribution in [2.75, 3.05) is 26.7 Å². The van der Waals surface area contributed by atoms with Gasteiger partial charge in [0.05, 0.1) is 25.1 Å². The summed E-state index contributed by atoms with van der Waals surface area (Å²) in [5, 5.41) is 9.86. The van der Waals surface area contributed by atoms with Gasteiger partial charge in [0.1, 0.15) is 11.6 Å². The number of hydrogen-bond acceptors (Lipinski definition) is 5. The summed E-state index contributed by atoms with van der Waals surface area (Å²) in [5.74, 6) is -3.07. The number of carbonyl (C=O) groups is 2. The van der Waals surface area contributed by atoms with Gasteiger partial charge in [-0.15, -0.1) is 0 Å². The van der Waals surface area contributed by atoms with Crippen LogP contribution >= 0.6 is 0 Å². The molecule has 2 aromatic carbocycles. The Kier molecular flexibility index (Phi) is 11.6. The van der Waals surface area contributed by atoms with E-state index in [-0.39, 0.29) is 35.4 Å². The molecule has 0 saturated carbocycles. The summed E-state index contributed by atoms with van der Waals surface area (Å²) in [6.45, 7) is 10.9. The number of aryl methyl sites for hydroxylation is 2. The van der Waals surface area contributed by atoms with Crippen molar-refractivity contribution >= 4 is 11.8 Å². The molecule has 7 nitrogen and oxygen atoms in total. The van der Waals surface area contributed by atoms with Gasteiger partial charge in [-0.1, -0.05) is 19.9 Å². The van der Waals surface area contributed by atoms with E-state index in [9.17, 15) is 32.7 Å². The highest BCUT2D eigenvalue weighted by molar-refractivity contribution is 5.84. The van der Waals surface area contributed by atoms with Crippen LogP contribution in [0.3, 0.4) is 0 Å². The molecule has 1 aliphatic rings. The molecule has 11 heteroatoms. The molecule has 0 bridgehead atoms. The first-order valence-electron chi connectivity index (χ1n) is 16.3. The van der Waals surface area contributed by atoms with Gasteiger partial charge >= 0.3 is 12.1 Å². The van der Waals surface area contributed by atoms with Gasteiger partial charge in [-0.3, -0.25) is 14.4 Å². The van der Waals surface area contributed by atoms with E-state index in [0.29, 0.717) is 23.9 Å².